The van der Waals surface area contributed by atoms with Crippen molar-refractivity contribution in [3.05, 3.63) is 29.8 Å². The van der Waals surface area contributed by atoms with E-state index in [2.05, 4.69) is 29.2 Å². The number of hydrogen-bond acceptors (Lipinski definition) is 4. The maximum atomic E-state index is 11.9. The number of nitrogens with zero attached hydrogens (tertiary/aromatic N) is 2. The van der Waals surface area contributed by atoms with Gasteiger partial charge in [0.2, 0.25) is 0 Å². The molecule has 1 amide bonds. The molecule has 2 aliphatic heterocycles. The lowest BCUT2D eigenvalue weighted by atomic mass is 10.0. The van der Waals surface area contributed by atoms with Crippen LogP contribution in [0.25, 0.3) is 0 Å². The minimum absolute atomic E-state index is 0.163. The van der Waals surface area contributed by atoms with Gasteiger partial charge in [0.25, 0.3) is 0 Å². The monoisotopic (exact) mass is 320 g/mol. The molecule has 0 bridgehead atoms. The van der Waals surface area contributed by atoms with Gasteiger partial charge in [0, 0.05) is 37.1 Å². The fourth-order valence-corrected chi connectivity index (χ4v) is 4.46. The highest BCUT2D eigenvalue weighted by Crippen LogP contribution is 2.39. The second-order valence-corrected chi connectivity index (χ2v) is 6.90. The first-order chi connectivity index (χ1) is 10.8. The highest BCUT2D eigenvalue weighted by Gasteiger charge is 2.28. The number of carbonyl (C=O) groups is 1. The Morgan fingerprint density at radius 1 is 1.27 bits per heavy atom. The Morgan fingerprint density at radius 2 is 2.14 bits per heavy atom. The van der Waals surface area contributed by atoms with Gasteiger partial charge in [-0.3, -0.25) is 4.90 Å². The summed E-state index contributed by atoms with van der Waals surface area (Å²) in [5.74, 6) is 1.18. The average molecular weight is 320 g/mol. The Morgan fingerprint density at radius 3 is 3.00 bits per heavy atom. The van der Waals surface area contributed by atoms with Crippen molar-refractivity contribution in [1.29, 1.82) is 0 Å². The van der Waals surface area contributed by atoms with Gasteiger partial charge in [0.15, 0.2) is 0 Å². The van der Waals surface area contributed by atoms with E-state index in [-0.39, 0.29) is 6.09 Å². The third-order valence-corrected chi connectivity index (χ3v) is 5.55. The van der Waals surface area contributed by atoms with E-state index in [1.807, 2.05) is 23.6 Å². The summed E-state index contributed by atoms with van der Waals surface area (Å²) in [5, 5.41) is 0. The molecule has 1 fully saturated rings. The van der Waals surface area contributed by atoms with Gasteiger partial charge in [-0.2, -0.15) is 0 Å². The number of rotatable bonds is 2. The minimum atomic E-state index is -0.163. The fourth-order valence-electron chi connectivity index (χ4n) is 3.35. The standard InChI is InChI=1S/C17H24N2O2S/c1-2-21-17(20)19-10-5-9-18(11-12-19)15-8-13-22-16-7-4-3-6-14(15)16/h3-4,6-7,15H,2,5,8-13H2,1H3. The molecule has 1 atom stereocenters. The summed E-state index contributed by atoms with van der Waals surface area (Å²) in [6.07, 6.45) is 2.05. The third kappa shape index (κ3) is 3.41. The molecule has 3 rings (SSSR count). The van der Waals surface area contributed by atoms with Crippen molar-refractivity contribution in [2.75, 3.05) is 38.5 Å². The molecule has 0 radical (unpaired) electrons. The van der Waals surface area contributed by atoms with Crippen LogP contribution in [0.15, 0.2) is 29.2 Å². The van der Waals surface area contributed by atoms with Gasteiger partial charge in [-0.1, -0.05) is 18.2 Å². The van der Waals surface area contributed by atoms with Crippen LogP contribution in [0.3, 0.4) is 0 Å². The van der Waals surface area contributed by atoms with E-state index in [1.165, 1.54) is 22.6 Å². The molecule has 0 saturated carbocycles. The maximum absolute atomic E-state index is 11.9. The molecule has 1 unspecified atom stereocenters. The topological polar surface area (TPSA) is 32.8 Å². The zero-order valence-electron chi connectivity index (χ0n) is 13.2. The number of ether oxygens (including phenoxy) is 1. The number of hydrogen-bond donors (Lipinski definition) is 0. The predicted octanol–water partition coefficient (Wildman–Crippen LogP) is 3.39. The van der Waals surface area contributed by atoms with E-state index in [0.717, 1.165) is 32.6 Å². The van der Waals surface area contributed by atoms with Crippen LogP contribution in [0, 0.1) is 0 Å². The molecule has 4 nitrogen and oxygen atoms in total. The molecule has 1 aromatic rings. The minimum Gasteiger partial charge on any atom is -0.450 e. The van der Waals surface area contributed by atoms with Crippen molar-refractivity contribution in [3.8, 4) is 0 Å². The molecule has 0 spiro atoms. The summed E-state index contributed by atoms with van der Waals surface area (Å²) in [6.45, 7) is 5.87. The van der Waals surface area contributed by atoms with Crippen molar-refractivity contribution in [3.63, 3.8) is 0 Å². The van der Waals surface area contributed by atoms with Gasteiger partial charge >= 0.3 is 6.09 Å². The molecule has 0 aromatic heterocycles. The Bertz CT molecular complexity index is 523. The van der Waals surface area contributed by atoms with Crippen LogP contribution in [-0.2, 0) is 4.74 Å². The van der Waals surface area contributed by atoms with Gasteiger partial charge in [-0.25, -0.2) is 4.79 Å². The molecular formula is C17H24N2O2S. The molecule has 1 aromatic carbocycles. The lowest BCUT2D eigenvalue weighted by Gasteiger charge is -2.34. The number of benzene rings is 1. The molecular weight excluding hydrogens is 296 g/mol. The van der Waals surface area contributed by atoms with Crippen molar-refractivity contribution < 1.29 is 9.53 Å². The van der Waals surface area contributed by atoms with E-state index in [1.54, 1.807) is 0 Å². The first-order valence-corrected chi connectivity index (χ1v) is 9.15. The lowest BCUT2D eigenvalue weighted by Crippen LogP contribution is -2.37. The van der Waals surface area contributed by atoms with Crippen molar-refractivity contribution >= 4 is 17.9 Å². The predicted molar refractivity (Wildman–Crippen MR) is 89.3 cm³/mol. The summed E-state index contributed by atoms with van der Waals surface area (Å²) in [4.78, 5) is 17.7. The SMILES string of the molecule is CCOC(=O)N1CCCN(C2CCSc3ccccc32)CC1. The number of fused-ring (bicyclic) bond motifs is 1. The fraction of sp³-hybridized carbons (Fsp3) is 0.588. The Labute approximate surface area is 136 Å². The highest BCUT2D eigenvalue weighted by atomic mass is 32.2. The highest BCUT2D eigenvalue weighted by molar-refractivity contribution is 7.99. The van der Waals surface area contributed by atoms with Crippen molar-refractivity contribution in [2.45, 2.75) is 30.7 Å². The summed E-state index contributed by atoms with van der Waals surface area (Å²) >= 11 is 1.96. The Hall–Kier alpha value is -1.20. The van der Waals surface area contributed by atoms with Gasteiger partial charge < -0.3 is 9.64 Å². The summed E-state index contributed by atoms with van der Waals surface area (Å²) in [5.41, 5.74) is 1.46. The van der Waals surface area contributed by atoms with E-state index in [9.17, 15) is 4.79 Å². The third-order valence-electron chi connectivity index (χ3n) is 4.42. The second kappa shape index (κ2) is 7.38. The maximum Gasteiger partial charge on any atom is 0.409 e. The average Bonchev–Trinajstić information content (AvgIpc) is 2.80. The van der Waals surface area contributed by atoms with Gasteiger partial charge in [-0.15, -0.1) is 11.8 Å². The Balaban J connectivity index is 1.68. The smallest absolute Gasteiger partial charge is 0.409 e. The Kier molecular flexibility index (Phi) is 5.26. The van der Waals surface area contributed by atoms with Crippen molar-refractivity contribution in [1.82, 2.24) is 9.80 Å². The number of carbonyl (C=O) groups excluding carboxylic acids is 1. The summed E-state index contributed by atoms with van der Waals surface area (Å²) in [6, 6.07) is 9.26. The van der Waals surface area contributed by atoms with Crippen LogP contribution in [-0.4, -0.2) is 54.4 Å². The summed E-state index contributed by atoms with van der Waals surface area (Å²) < 4.78 is 5.14. The van der Waals surface area contributed by atoms with E-state index < -0.39 is 0 Å². The van der Waals surface area contributed by atoms with Crippen molar-refractivity contribution in [2.24, 2.45) is 0 Å². The quantitative estimate of drug-likeness (QED) is 0.836. The van der Waals surface area contributed by atoms with Crippen LogP contribution in [0.1, 0.15) is 31.4 Å². The van der Waals surface area contributed by atoms with Gasteiger partial charge in [0.05, 0.1) is 6.61 Å². The molecule has 5 heteroatoms. The van der Waals surface area contributed by atoms with E-state index in [4.69, 9.17) is 4.74 Å². The molecule has 120 valence electrons. The first-order valence-electron chi connectivity index (χ1n) is 8.17. The van der Waals surface area contributed by atoms with E-state index >= 15 is 0 Å². The molecule has 0 aliphatic carbocycles. The zero-order valence-corrected chi connectivity index (χ0v) is 14.0. The van der Waals surface area contributed by atoms with Crippen LogP contribution in [0.5, 0.6) is 0 Å². The normalized spacial score (nSPS) is 22.8. The second-order valence-electron chi connectivity index (χ2n) is 5.77. The van der Waals surface area contributed by atoms with Crippen LogP contribution >= 0.6 is 11.8 Å². The summed E-state index contributed by atoms with van der Waals surface area (Å²) in [7, 11) is 0. The van der Waals surface area contributed by atoms with Crippen LogP contribution in [0.4, 0.5) is 4.79 Å². The molecule has 22 heavy (non-hydrogen) atoms. The first kappa shape index (κ1) is 15.7. The largest absolute Gasteiger partial charge is 0.450 e. The molecule has 2 heterocycles. The number of amides is 1. The molecule has 2 aliphatic rings. The van der Waals surface area contributed by atoms with Gasteiger partial charge in [0.1, 0.15) is 0 Å². The van der Waals surface area contributed by atoms with Crippen LogP contribution in [0.2, 0.25) is 0 Å². The lowest BCUT2D eigenvalue weighted by molar-refractivity contribution is 0.107. The number of thioether (sulfide) groups is 1. The molecule has 1 saturated heterocycles. The van der Waals surface area contributed by atoms with Crippen LogP contribution < -0.4 is 0 Å². The zero-order chi connectivity index (χ0) is 15.4. The van der Waals surface area contributed by atoms with Gasteiger partial charge in [-0.05, 0) is 37.1 Å². The van der Waals surface area contributed by atoms with E-state index in [0.29, 0.717) is 12.6 Å². The molecule has 0 N–H and O–H groups in total.